The second kappa shape index (κ2) is 13.7. The summed E-state index contributed by atoms with van der Waals surface area (Å²) in [5.74, 6) is 0.155. The quantitative estimate of drug-likeness (QED) is 0.428. The number of aliphatic hydroxyl groups is 1. The molecule has 7 nitrogen and oxygen atoms in total. The van der Waals surface area contributed by atoms with E-state index < -0.39 is 12.4 Å². The van der Waals surface area contributed by atoms with Crippen LogP contribution in [-0.2, 0) is 20.8 Å². The van der Waals surface area contributed by atoms with E-state index in [9.17, 15) is 9.90 Å². The van der Waals surface area contributed by atoms with Crippen molar-refractivity contribution in [1.29, 1.82) is 0 Å². The molecule has 0 aromatic heterocycles. The minimum atomic E-state index is -0.528. The maximum absolute atomic E-state index is 11.9. The van der Waals surface area contributed by atoms with E-state index in [1.165, 1.54) is 38.2 Å². The molecule has 0 spiro atoms. The van der Waals surface area contributed by atoms with Crippen LogP contribution in [0.3, 0.4) is 0 Å². The van der Waals surface area contributed by atoms with Crippen LogP contribution in [0.2, 0.25) is 0 Å². The van der Waals surface area contributed by atoms with Gasteiger partial charge < -0.3 is 24.2 Å². The summed E-state index contributed by atoms with van der Waals surface area (Å²) in [6.07, 6.45) is 6.74. The third-order valence-electron chi connectivity index (χ3n) is 7.27. The number of nitrogens with zero attached hydrogens (tertiary/aromatic N) is 1. The number of likely N-dealkylation sites (tertiary alicyclic amines) is 1. The molecule has 0 aliphatic carbocycles. The van der Waals surface area contributed by atoms with E-state index in [1.54, 1.807) is 0 Å². The summed E-state index contributed by atoms with van der Waals surface area (Å²) in [6.45, 7) is 9.02. The molecule has 0 unspecified atom stereocenters. The van der Waals surface area contributed by atoms with Crippen LogP contribution in [0.15, 0.2) is 61.2 Å². The van der Waals surface area contributed by atoms with Gasteiger partial charge in [0.25, 0.3) is 0 Å². The molecule has 2 saturated heterocycles. The topological polar surface area (TPSA) is 80.3 Å². The highest BCUT2D eigenvalue weighted by molar-refractivity contribution is 5.84. The van der Waals surface area contributed by atoms with Gasteiger partial charge in [0.2, 0.25) is 0 Å². The van der Waals surface area contributed by atoms with E-state index in [-0.39, 0.29) is 31.3 Å². The molecule has 2 aliphatic heterocycles. The maximum Gasteiger partial charge on any atom is 0.411 e. The van der Waals surface area contributed by atoms with Crippen LogP contribution in [0.1, 0.15) is 68.1 Å². The lowest BCUT2D eigenvalue weighted by atomic mass is 9.89. The fourth-order valence-electron chi connectivity index (χ4n) is 5.09. The van der Waals surface area contributed by atoms with E-state index in [0.717, 1.165) is 36.3 Å². The van der Waals surface area contributed by atoms with Crippen molar-refractivity contribution in [2.45, 2.75) is 64.1 Å². The smallest absolute Gasteiger partial charge is 0.411 e. The van der Waals surface area contributed by atoms with Crippen molar-refractivity contribution in [3.05, 3.63) is 77.9 Å². The zero-order valence-electron chi connectivity index (χ0n) is 21.8. The van der Waals surface area contributed by atoms with E-state index in [1.807, 2.05) is 48.5 Å². The number of hydrogen-bond acceptors (Lipinski definition) is 6. The van der Waals surface area contributed by atoms with Crippen molar-refractivity contribution in [2.75, 3.05) is 31.6 Å². The number of amides is 1. The molecule has 37 heavy (non-hydrogen) atoms. The fourth-order valence-corrected chi connectivity index (χ4v) is 5.09. The van der Waals surface area contributed by atoms with Crippen molar-refractivity contribution in [2.24, 2.45) is 5.92 Å². The number of carbonyl (C=O) groups is 1. The Kier molecular flexibility index (Phi) is 10.1. The average Bonchev–Trinajstić information content (AvgIpc) is 2.90. The van der Waals surface area contributed by atoms with Gasteiger partial charge in [0, 0.05) is 23.7 Å². The highest BCUT2D eigenvalue weighted by Crippen LogP contribution is 2.42. The highest BCUT2D eigenvalue weighted by Gasteiger charge is 2.39. The number of benzene rings is 2. The first kappa shape index (κ1) is 27.3. The van der Waals surface area contributed by atoms with Gasteiger partial charge >= 0.3 is 6.09 Å². The first-order valence-corrected chi connectivity index (χ1v) is 13.4. The molecule has 2 N–H and O–H groups in total. The van der Waals surface area contributed by atoms with E-state index >= 15 is 0 Å². The lowest BCUT2D eigenvalue weighted by Crippen LogP contribution is -2.45. The molecule has 2 heterocycles. The number of nitrogens with one attached hydrogen (secondary N) is 1. The van der Waals surface area contributed by atoms with Gasteiger partial charge in [-0.25, -0.2) is 4.79 Å². The summed E-state index contributed by atoms with van der Waals surface area (Å²) < 4.78 is 18.2. The summed E-state index contributed by atoms with van der Waals surface area (Å²) in [7, 11) is 0. The predicted molar refractivity (Wildman–Crippen MR) is 144 cm³/mol. The molecule has 0 bridgehead atoms. The zero-order chi connectivity index (χ0) is 26.0. The van der Waals surface area contributed by atoms with Crippen molar-refractivity contribution < 1.29 is 24.1 Å². The van der Waals surface area contributed by atoms with E-state index in [4.69, 9.17) is 14.2 Å². The summed E-state index contributed by atoms with van der Waals surface area (Å²) in [6, 6.07) is 15.5. The van der Waals surface area contributed by atoms with Gasteiger partial charge in [0.1, 0.15) is 6.61 Å². The second-order valence-corrected chi connectivity index (χ2v) is 10.0. The lowest BCUT2D eigenvalue weighted by molar-refractivity contribution is -0.276. The van der Waals surface area contributed by atoms with Gasteiger partial charge in [-0.05, 0) is 49.2 Å². The third kappa shape index (κ3) is 7.65. The molecular formula is C30H40N2O5. The highest BCUT2D eigenvalue weighted by atomic mass is 16.7. The molecular weight excluding hydrogens is 468 g/mol. The molecule has 200 valence electrons. The summed E-state index contributed by atoms with van der Waals surface area (Å²) >= 11 is 0. The number of carbonyl (C=O) groups excluding carboxylic acids is 1. The summed E-state index contributed by atoms with van der Waals surface area (Å²) in [5, 5.41) is 12.2. The second-order valence-electron chi connectivity index (χ2n) is 10.0. The Morgan fingerprint density at radius 2 is 1.68 bits per heavy atom. The Bertz CT molecular complexity index is 986. The Hall–Kier alpha value is -2.71. The van der Waals surface area contributed by atoms with Crippen LogP contribution in [0.5, 0.6) is 0 Å². The van der Waals surface area contributed by atoms with Crippen molar-refractivity contribution in [3.8, 4) is 0 Å². The molecule has 4 atom stereocenters. The fraction of sp³-hybridized carbons (Fsp3) is 0.500. The van der Waals surface area contributed by atoms with Crippen LogP contribution in [0.25, 0.3) is 0 Å². The minimum Gasteiger partial charge on any atom is -0.445 e. The van der Waals surface area contributed by atoms with Gasteiger partial charge in [-0.1, -0.05) is 75.2 Å². The van der Waals surface area contributed by atoms with Crippen LogP contribution in [-0.4, -0.2) is 48.4 Å². The number of rotatable bonds is 8. The third-order valence-corrected chi connectivity index (χ3v) is 7.27. The largest absolute Gasteiger partial charge is 0.445 e. The molecule has 2 aliphatic rings. The first-order chi connectivity index (χ1) is 18.1. The Morgan fingerprint density at radius 1 is 1.03 bits per heavy atom. The first-order valence-electron chi connectivity index (χ1n) is 13.4. The van der Waals surface area contributed by atoms with E-state index in [2.05, 4.69) is 23.7 Å². The molecule has 4 rings (SSSR count). The van der Waals surface area contributed by atoms with Gasteiger partial charge in [0.15, 0.2) is 6.29 Å². The van der Waals surface area contributed by atoms with Crippen LogP contribution in [0, 0.1) is 5.92 Å². The van der Waals surface area contributed by atoms with Gasteiger partial charge in [-0.15, -0.1) is 0 Å². The average molecular weight is 509 g/mol. The molecule has 2 fully saturated rings. The maximum atomic E-state index is 11.9. The molecule has 1 amide bonds. The van der Waals surface area contributed by atoms with Gasteiger partial charge in [-0.2, -0.15) is 0 Å². The number of hydrogen-bond donors (Lipinski definition) is 2. The van der Waals surface area contributed by atoms with Gasteiger partial charge in [0.05, 0.1) is 18.8 Å². The Labute approximate surface area is 220 Å². The molecule has 7 heteroatoms. The predicted octanol–water partition coefficient (Wildman–Crippen LogP) is 5.97. The Morgan fingerprint density at radius 3 is 2.32 bits per heavy atom. The number of aliphatic hydroxyl groups excluding tert-OH is 1. The normalized spacial score (nSPS) is 25.0. The van der Waals surface area contributed by atoms with Crippen LogP contribution in [0.4, 0.5) is 10.5 Å². The molecule has 0 radical (unpaired) electrons. The van der Waals surface area contributed by atoms with Crippen LogP contribution < -0.4 is 5.32 Å². The van der Waals surface area contributed by atoms with Crippen molar-refractivity contribution >= 4 is 11.8 Å². The van der Waals surface area contributed by atoms with Crippen molar-refractivity contribution in [3.63, 3.8) is 0 Å². The number of anilines is 1. The van der Waals surface area contributed by atoms with Crippen molar-refractivity contribution in [1.82, 2.24) is 4.90 Å². The lowest BCUT2D eigenvalue weighted by Gasteiger charge is -2.43. The Balaban J connectivity index is 1.52. The zero-order valence-corrected chi connectivity index (χ0v) is 21.8. The molecule has 2 aromatic carbocycles. The summed E-state index contributed by atoms with van der Waals surface area (Å²) in [4.78, 5) is 14.4. The SMILES string of the molecule is C=CCOC(=O)Nc1ccc([C@H]2O[C@@H](CN3CCCCCCC3)[C@@H](C)[C@@H](c3ccc(CO)cc3)O2)cc1. The van der Waals surface area contributed by atoms with Gasteiger partial charge in [-0.3, -0.25) is 5.32 Å². The monoisotopic (exact) mass is 508 g/mol. The standard InChI is InChI=1S/C30H40N2O5/c1-3-19-35-30(34)31-26-15-13-25(14-16-26)29-36-27(20-32-17-7-5-4-6-8-18-32)22(2)28(37-29)24-11-9-23(21-33)10-12-24/h3,9-16,22,27-29,33H,1,4-8,17-21H2,2H3,(H,31,34)/t22-,27+,28+,29+/m1/s1. The molecule has 0 saturated carbocycles. The summed E-state index contributed by atoms with van der Waals surface area (Å²) in [5.41, 5.74) is 3.49. The van der Waals surface area contributed by atoms with Crippen LogP contribution >= 0.6 is 0 Å². The number of ether oxygens (including phenoxy) is 3. The minimum absolute atomic E-state index is 0.00683. The van der Waals surface area contributed by atoms with E-state index in [0.29, 0.717) is 5.69 Å². The molecule has 2 aromatic rings.